The molecule has 41 heavy (non-hydrogen) atoms. The van der Waals surface area contributed by atoms with Gasteiger partial charge in [-0.3, -0.25) is 33.5 Å². The molecular weight excluding hydrogens is 675 g/mol. The molecule has 4 rings (SSSR count). The van der Waals surface area contributed by atoms with E-state index in [-0.39, 0.29) is 14.8 Å². The molecule has 4 N–H and O–H groups in total. The lowest BCUT2D eigenvalue weighted by Gasteiger charge is -2.15. The number of carbonyl (C=O) groups is 3. The zero-order chi connectivity index (χ0) is 30.6. The first-order chi connectivity index (χ1) is 19.3. The highest BCUT2D eigenvalue weighted by molar-refractivity contribution is 14.1. The fraction of sp³-hybridized carbons (Fsp3) is 0.115. The summed E-state index contributed by atoms with van der Waals surface area (Å²) in [6.07, 6.45) is 0. The van der Waals surface area contributed by atoms with Crippen LogP contribution in [0.1, 0.15) is 56.8 Å². The Morgan fingerprint density at radius 3 is 1.85 bits per heavy atom. The minimum Gasteiger partial charge on any atom is -0.477 e. The molecule has 0 aliphatic carbocycles. The minimum atomic E-state index is -1.50. The number of hydrogen-bond acceptors (Lipinski definition) is 7. The highest BCUT2D eigenvalue weighted by Crippen LogP contribution is 2.16. The Morgan fingerprint density at radius 1 is 0.805 bits per heavy atom. The topological polar surface area (TPSA) is 201 Å². The molecule has 0 saturated heterocycles. The van der Waals surface area contributed by atoms with Crippen molar-refractivity contribution in [3.05, 3.63) is 127 Å². The number of benzene rings is 2. The first-order valence-electron chi connectivity index (χ1n) is 11.5. The Balaban J connectivity index is 0.000000228. The van der Waals surface area contributed by atoms with Gasteiger partial charge >= 0.3 is 23.3 Å². The summed E-state index contributed by atoms with van der Waals surface area (Å²) in [6, 6.07) is 13.3. The minimum absolute atomic E-state index is 0.0698. The number of aromatic amines is 2. The van der Waals surface area contributed by atoms with Crippen molar-refractivity contribution in [1.82, 2.24) is 19.1 Å². The number of rotatable bonds is 6. The maximum Gasteiger partial charge on any atom is 0.354 e. The van der Waals surface area contributed by atoms with E-state index in [1.54, 1.807) is 54.6 Å². The molecule has 0 radical (unpaired) electrons. The molecule has 0 atom stereocenters. The van der Waals surface area contributed by atoms with E-state index < -0.39 is 57.5 Å². The number of aromatic nitrogens is 4. The highest BCUT2D eigenvalue weighted by atomic mass is 127. The summed E-state index contributed by atoms with van der Waals surface area (Å²) in [5.74, 6) is -3.60. The SMILES string of the molecule is CC(C)n1c(C(=O)O)c(C(=O)c2ccccc2)c(=O)[nH]c1=O.O=C(O)c1c(I)c(=O)[nH]c(=O)n1-c1ccc(Cl)cc1. The summed E-state index contributed by atoms with van der Waals surface area (Å²) in [7, 11) is 0. The van der Waals surface area contributed by atoms with Gasteiger partial charge in [-0.1, -0.05) is 41.9 Å². The number of carboxylic acid groups (broad SMARTS) is 2. The van der Waals surface area contributed by atoms with Gasteiger partial charge in [0.05, 0.1) is 5.69 Å². The van der Waals surface area contributed by atoms with E-state index in [9.17, 15) is 38.7 Å². The molecule has 0 aliphatic heterocycles. The number of halogens is 2. The number of carboxylic acids is 2. The van der Waals surface area contributed by atoms with E-state index in [2.05, 4.69) is 4.98 Å². The van der Waals surface area contributed by atoms with Gasteiger partial charge in [0.1, 0.15) is 14.8 Å². The Morgan fingerprint density at radius 2 is 1.34 bits per heavy atom. The first kappa shape index (κ1) is 31.0. The maximum atomic E-state index is 12.5. The van der Waals surface area contributed by atoms with Crippen molar-refractivity contribution in [1.29, 1.82) is 0 Å². The van der Waals surface area contributed by atoms with Gasteiger partial charge in [-0.2, -0.15) is 0 Å². The summed E-state index contributed by atoms with van der Waals surface area (Å²) in [6.45, 7) is 3.17. The Hall–Kier alpha value is -4.57. The van der Waals surface area contributed by atoms with Crippen LogP contribution in [-0.2, 0) is 0 Å². The largest absolute Gasteiger partial charge is 0.477 e. The van der Waals surface area contributed by atoms with E-state index in [0.717, 1.165) is 9.13 Å². The van der Waals surface area contributed by atoms with Gasteiger partial charge in [0.15, 0.2) is 5.69 Å². The molecule has 0 aliphatic rings. The van der Waals surface area contributed by atoms with Crippen LogP contribution in [0.3, 0.4) is 0 Å². The standard InChI is InChI=1S/C15H14N2O5.C11H6ClIN2O4/c1-8(2)17-11(14(20)21)10(13(19)16-15(17)22)12(18)9-6-4-3-5-7-9;12-5-1-3-6(4-2-5)15-8(10(17)18)7(13)9(16)14-11(15)19/h3-8H,1-2H3,(H,20,21)(H,16,19,22);1-4H,(H,17,18)(H,14,16,19). The molecule has 2 heterocycles. The second kappa shape index (κ2) is 12.7. The summed E-state index contributed by atoms with van der Waals surface area (Å²) in [5, 5.41) is 19.0. The predicted octanol–water partition coefficient (Wildman–Crippen LogP) is 2.53. The maximum absolute atomic E-state index is 12.5. The first-order valence-corrected chi connectivity index (χ1v) is 13.0. The van der Waals surface area contributed by atoms with E-state index >= 15 is 0 Å². The number of H-pyrrole nitrogens is 2. The van der Waals surface area contributed by atoms with Gasteiger partial charge in [-0.05, 0) is 60.7 Å². The smallest absolute Gasteiger partial charge is 0.354 e. The number of ketones is 1. The summed E-state index contributed by atoms with van der Waals surface area (Å²) >= 11 is 7.32. The van der Waals surface area contributed by atoms with Crippen molar-refractivity contribution in [3.8, 4) is 5.69 Å². The third-order valence-corrected chi connectivity index (χ3v) is 6.72. The fourth-order valence-corrected chi connectivity index (χ4v) is 4.47. The van der Waals surface area contributed by atoms with Crippen LogP contribution in [0, 0.1) is 3.57 Å². The summed E-state index contributed by atoms with van der Waals surface area (Å²) < 4.78 is 1.74. The Labute approximate surface area is 247 Å². The van der Waals surface area contributed by atoms with Crippen molar-refractivity contribution in [2.24, 2.45) is 0 Å². The van der Waals surface area contributed by atoms with Gasteiger partial charge in [-0.15, -0.1) is 0 Å². The molecule has 0 fully saturated rings. The third kappa shape index (κ3) is 6.60. The lowest BCUT2D eigenvalue weighted by atomic mass is 10.0. The van der Waals surface area contributed by atoms with Gasteiger partial charge in [0, 0.05) is 16.6 Å². The lowest BCUT2D eigenvalue weighted by Crippen LogP contribution is -2.39. The van der Waals surface area contributed by atoms with Crippen molar-refractivity contribution in [2.75, 3.05) is 0 Å². The molecule has 2 aromatic carbocycles. The molecule has 4 aromatic rings. The van der Waals surface area contributed by atoms with Crippen LogP contribution < -0.4 is 22.5 Å². The molecule has 13 nitrogen and oxygen atoms in total. The molecule has 0 bridgehead atoms. The van der Waals surface area contributed by atoms with Gasteiger partial charge in [-0.25, -0.2) is 19.2 Å². The number of carbonyl (C=O) groups excluding carboxylic acids is 1. The van der Waals surface area contributed by atoms with Crippen LogP contribution in [0.4, 0.5) is 0 Å². The number of nitrogens with one attached hydrogen (secondary N) is 2. The van der Waals surface area contributed by atoms with Crippen molar-refractivity contribution in [2.45, 2.75) is 19.9 Å². The molecule has 212 valence electrons. The van der Waals surface area contributed by atoms with E-state index in [0.29, 0.717) is 10.7 Å². The average Bonchev–Trinajstić information content (AvgIpc) is 2.90. The van der Waals surface area contributed by atoms with E-state index in [1.807, 2.05) is 4.98 Å². The Bertz CT molecular complexity index is 1890. The summed E-state index contributed by atoms with van der Waals surface area (Å²) in [4.78, 5) is 86.4. The highest BCUT2D eigenvalue weighted by Gasteiger charge is 2.27. The number of aromatic carboxylic acids is 2. The van der Waals surface area contributed by atoms with Crippen molar-refractivity contribution in [3.63, 3.8) is 0 Å². The number of hydrogen-bond donors (Lipinski definition) is 4. The molecule has 15 heteroatoms. The van der Waals surface area contributed by atoms with Crippen molar-refractivity contribution >= 4 is 51.9 Å². The van der Waals surface area contributed by atoms with Crippen LogP contribution >= 0.6 is 34.2 Å². The zero-order valence-corrected chi connectivity index (χ0v) is 24.1. The van der Waals surface area contributed by atoms with Crippen LogP contribution in [0.15, 0.2) is 73.8 Å². The van der Waals surface area contributed by atoms with E-state index in [4.69, 9.17) is 16.7 Å². The van der Waals surface area contributed by atoms with E-state index in [1.165, 1.54) is 36.4 Å². The van der Waals surface area contributed by atoms with Crippen LogP contribution in [0.5, 0.6) is 0 Å². The van der Waals surface area contributed by atoms with Gasteiger partial charge in [0.2, 0.25) is 5.78 Å². The average molecular weight is 695 g/mol. The molecular formula is C26H20ClIN4O9. The molecule has 2 aromatic heterocycles. The summed E-state index contributed by atoms with van der Waals surface area (Å²) in [5.41, 5.74) is -4.46. The van der Waals surface area contributed by atoms with Crippen LogP contribution in [0.25, 0.3) is 5.69 Å². The predicted molar refractivity (Wildman–Crippen MR) is 156 cm³/mol. The Kier molecular flexibility index (Phi) is 9.62. The van der Waals surface area contributed by atoms with Gasteiger partial charge < -0.3 is 10.2 Å². The fourth-order valence-electron chi connectivity index (χ4n) is 3.74. The normalized spacial score (nSPS) is 10.6. The molecule has 0 amide bonds. The molecule has 0 unspecified atom stereocenters. The number of nitrogens with zero attached hydrogens (tertiary/aromatic N) is 2. The third-order valence-electron chi connectivity index (χ3n) is 5.47. The second-order valence-corrected chi connectivity index (χ2v) is 10.0. The second-order valence-electron chi connectivity index (χ2n) is 8.49. The molecule has 0 saturated carbocycles. The van der Waals surface area contributed by atoms with Crippen LogP contribution in [0.2, 0.25) is 5.02 Å². The van der Waals surface area contributed by atoms with Crippen LogP contribution in [-0.4, -0.2) is 47.0 Å². The molecule has 0 spiro atoms. The zero-order valence-electron chi connectivity index (χ0n) is 21.2. The van der Waals surface area contributed by atoms with Crippen molar-refractivity contribution < 1.29 is 24.6 Å². The monoisotopic (exact) mass is 694 g/mol. The quantitative estimate of drug-likeness (QED) is 0.173. The lowest BCUT2D eigenvalue weighted by molar-refractivity contribution is 0.0669. The van der Waals surface area contributed by atoms with Gasteiger partial charge in [0.25, 0.3) is 11.1 Å².